The van der Waals surface area contributed by atoms with Gasteiger partial charge in [-0.25, -0.2) is 0 Å². The van der Waals surface area contributed by atoms with Crippen molar-refractivity contribution in [2.75, 3.05) is 13.1 Å². The Morgan fingerprint density at radius 3 is 2.08 bits per heavy atom. The number of carbonyl (C=O) groups is 3. The zero-order valence-electron chi connectivity index (χ0n) is 20.5. The van der Waals surface area contributed by atoms with Crippen molar-refractivity contribution in [2.24, 2.45) is 11.5 Å². The monoisotopic (exact) mass is 505 g/mol. The summed E-state index contributed by atoms with van der Waals surface area (Å²) in [6, 6.07) is 17.7. The summed E-state index contributed by atoms with van der Waals surface area (Å²) in [4.78, 5) is 38.2. The molecule has 0 aliphatic heterocycles. The second-order valence-corrected chi connectivity index (χ2v) is 8.98. The van der Waals surface area contributed by atoms with Crippen LogP contribution in [0.3, 0.4) is 0 Å². The molecule has 0 fully saturated rings. The largest absolute Gasteiger partial charge is 0.507 e. The van der Waals surface area contributed by atoms with Gasteiger partial charge in [0.25, 0.3) is 11.8 Å². The van der Waals surface area contributed by atoms with Crippen molar-refractivity contribution in [3.8, 4) is 11.5 Å². The van der Waals surface area contributed by atoms with Gasteiger partial charge in [-0.3, -0.25) is 19.3 Å². The SMILES string of the molecule is CC(CCc1ccccc1)N(CC(=O)c1ccc(O)c(C(N)=O)c1)CC(O)c1ccc(O)c(C(N)=O)c1. The highest BCUT2D eigenvalue weighted by Gasteiger charge is 2.24. The van der Waals surface area contributed by atoms with E-state index < -0.39 is 17.9 Å². The maximum atomic E-state index is 13.2. The smallest absolute Gasteiger partial charge is 0.252 e. The van der Waals surface area contributed by atoms with Crippen molar-refractivity contribution in [3.63, 3.8) is 0 Å². The molecule has 0 saturated heterocycles. The molecule has 3 rings (SSSR count). The first kappa shape index (κ1) is 27.4. The minimum absolute atomic E-state index is 0.0471. The topological polar surface area (TPSA) is 167 Å². The molecule has 3 aromatic carbocycles. The number of aryl methyl sites for hydroxylation is 1. The lowest BCUT2D eigenvalue weighted by molar-refractivity contribution is 0.0721. The van der Waals surface area contributed by atoms with Crippen LogP contribution in [-0.2, 0) is 6.42 Å². The Hall–Kier alpha value is -4.21. The van der Waals surface area contributed by atoms with E-state index >= 15 is 0 Å². The fraction of sp³-hybridized carbons (Fsp3) is 0.250. The minimum Gasteiger partial charge on any atom is -0.507 e. The zero-order chi connectivity index (χ0) is 27.1. The van der Waals surface area contributed by atoms with E-state index in [1.165, 1.54) is 36.4 Å². The minimum atomic E-state index is -1.09. The lowest BCUT2D eigenvalue weighted by atomic mass is 10.0. The highest BCUT2D eigenvalue weighted by atomic mass is 16.3. The third-order valence-electron chi connectivity index (χ3n) is 6.33. The molecule has 0 spiro atoms. The molecule has 7 N–H and O–H groups in total. The first-order valence-corrected chi connectivity index (χ1v) is 11.8. The number of hydrogen-bond donors (Lipinski definition) is 5. The van der Waals surface area contributed by atoms with E-state index in [1.807, 2.05) is 42.2 Å². The van der Waals surface area contributed by atoms with Crippen LogP contribution in [0.5, 0.6) is 11.5 Å². The van der Waals surface area contributed by atoms with Gasteiger partial charge in [0, 0.05) is 18.2 Å². The van der Waals surface area contributed by atoms with E-state index in [2.05, 4.69) is 0 Å². The number of nitrogens with zero attached hydrogens (tertiary/aromatic N) is 1. The second-order valence-electron chi connectivity index (χ2n) is 8.98. The van der Waals surface area contributed by atoms with E-state index in [0.717, 1.165) is 12.0 Å². The molecule has 3 aromatic rings. The van der Waals surface area contributed by atoms with Crippen molar-refractivity contribution in [2.45, 2.75) is 31.9 Å². The average Bonchev–Trinajstić information content (AvgIpc) is 2.87. The molecule has 0 heterocycles. The molecule has 2 amide bonds. The van der Waals surface area contributed by atoms with Gasteiger partial charge in [0.15, 0.2) is 5.78 Å². The Bertz CT molecular complexity index is 1280. The number of nitrogens with two attached hydrogens (primary N) is 2. The van der Waals surface area contributed by atoms with Gasteiger partial charge in [-0.2, -0.15) is 0 Å². The normalized spacial score (nSPS) is 12.7. The summed E-state index contributed by atoms with van der Waals surface area (Å²) in [5.74, 6) is -2.61. The number of aromatic hydroxyl groups is 2. The van der Waals surface area contributed by atoms with Gasteiger partial charge < -0.3 is 26.8 Å². The fourth-order valence-electron chi connectivity index (χ4n) is 4.07. The Morgan fingerprint density at radius 2 is 1.46 bits per heavy atom. The van der Waals surface area contributed by atoms with Gasteiger partial charge in [0.1, 0.15) is 11.5 Å². The van der Waals surface area contributed by atoms with Gasteiger partial charge >= 0.3 is 0 Å². The molecule has 0 saturated carbocycles. The van der Waals surface area contributed by atoms with Crippen LogP contribution in [-0.4, -0.2) is 56.9 Å². The van der Waals surface area contributed by atoms with Gasteiger partial charge in [-0.1, -0.05) is 36.4 Å². The summed E-state index contributed by atoms with van der Waals surface area (Å²) >= 11 is 0. The quantitative estimate of drug-likeness (QED) is 0.236. The Labute approximate surface area is 215 Å². The van der Waals surface area contributed by atoms with E-state index in [4.69, 9.17) is 11.5 Å². The number of primary amides is 2. The fourth-order valence-corrected chi connectivity index (χ4v) is 4.07. The van der Waals surface area contributed by atoms with Crippen molar-refractivity contribution in [1.82, 2.24) is 4.90 Å². The molecule has 0 radical (unpaired) electrons. The molecule has 2 atom stereocenters. The molecule has 0 aliphatic carbocycles. The summed E-state index contributed by atoms with van der Waals surface area (Å²) in [5.41, 5.74) is 12.0. The molecule has 2 unspecified atom stereocenters. The van der Waals surface area contributed by atoms with Crippen LogP contribution in [0.4, 0.5) is 0 Å². The Morgan fingerprint density at radius 1 is 0.865 bits per heavy atom. The van der Waals surface area contributed by atoms with Gasteiger partial charge in [0.2, 0.25) is 0 Å². The number of carbonyl (C=O) groups excluding carboxylic acids is 3. The number of benzene rings is 3. The molecular formula is C28H31N3O6. The van der Waals surface area contributed by atoms with Crippen molar-refractivity contribution in [1.29, 1.82) is 0 Å². The van der Waals surface area contributed by atoms with Crippen LogP contribution in [0.1, 0.15) is 61.6 Å². The molecule has 9 heteroatoms. The first-order valence-electron chi connectivity index (χ1n) is 11.8. The maximum absolute atomic E-state index is 13.2. The number of aliphatic hydroxyl groups excluding tert-OH is 1. The highest BCUT2D eigenvalue weighted by Crippen LogP contribution is 2.25. The van der Waals surface area contributed by atoms with E-state index in [0.29, 0.717) is 12.0 Å². The van der Waals surface area contributed by atoms with E-state index in [-0.39, 0.29) is 53.1 Å². The van der Waals surface area contributed by atoms with E-state index in [1.54, 1.807) is 0 Å². The molecular weight excluding hydrogens is 474 g/mol. The Balaban J connectivity index is 1.83. The molecule has 0 aromatic heterocycles. The molecule has 194 valence electrons. The van der Waals surface area contributed by atoms with Crippen molar-refractivity contribution >= 4 is 17.6 Å². The third kappa shape index (κ3) is 7.16. The highest BCUT2D eigenvalue weighted by molar-refractivity contribution is 6.02. The molecule has 37 heavy (non-hydrogen) atoms. The summed E-state index contributed by atoms with van der Waals surface area (Å²) in [6.45, 7) is 1.91. The number of aliphatic hydroxyl groups is 1. The first-order chi connectivity index (χ1) is 17.6. The van der Waals surface area contributed by atoms with E-state index in [9.17, 15) is 29.7 Å². The standard InChI is InChI=1S/C28H31N3O6/c1-17(7-8-18-5-3-2-4-6-18)31(15-25(34)19-9-11-23(32)21(13-19)27(29)36)16-26(35)20-10-12-24(33)22(14-20)28(30)37/h2-6,9-14,17,25,32-34H,7-8,15-16H2,1H3,(H2,29,36)(H2,30,37). The molecule has 9 nitrogen and oxygen atoms in total. The number of Topliss-reactive ketones (excluding diaryl/α,β-unsaturated/α-hetero) is 1. The molecule has 0 aliphatic rings. The molecule has 0 bridgehead atoms. The summed E-state index contributed by atoms with van der Waals surface area (Å²) in [7, 11) is 0. The predicted octanol–water partition coefficient (Wildman–Crippen LogP) is 2.54. The summed E-state index contributed by atoms with van der Waals surface area (Å²) < 4.78 is 0. The predicted molar refractivity (Wildman–Crippen MR) is 138 cm³/mol. The Kier molecular flexibility index (Phi) is 9.00. The van der Waals surface area contributed by atoms with Crippen LogP contribution in [0.25, 0.3) is 0 Å². The number of ketones is 1. The maximum Gasteiger partial charge on any atom is 0.252 e. The van der Waals surface area contributed by atoms with Gasteiger partial charge in [0.05, 0.1) is 23.8 Å². The van der Waals surface area contributed by atoms with Gasteiger partial charge in [-0.15, -0.1) is 0 Å². The van der Waals surface area contributed by atoms with Crippen LogP contribution in [0.15, 0.2) is 66.7 Å². The van der Waals surface area contributed by atoms with Crippen molar-refractivity contribution < 1.29 is 29.7 Å². The van der Waals surface area contributed by atoms with Gasteiger partial charge in [-0.05, 0) is 61.2 Å². The van der Waals surface area contributed by atoms with Crippen molar-refractivity contribution in [3.05, 3.63) is 94.5 Å². The average molecular weight is 506 g/mol. The van der Waals surface area contributed by atoms with Crippen LogP contribution in [0.2, 0.25) is 0 Å². The van der Waals surface area contributed by atoms with Crippen LogP contribution < -0.4 is 11.5 Å². The second kappa shape index (κ2) is 12.2. The zero-order valence-corrected chi connectivity index (χ0v) is 20.5. The number of rotatable bonds is 12. The number of amides is 2. The number of hydrogen-bond acceptors (Lipinski definition) is 7. The van der Waals surface area contributed by atoms with Crippen LogP contribution >= 0.6 is 0 Å². The summed E-state index contributed by atoms with van der Waals surface area (Å²) in [6.07, 6.45) is 0.347. The van der Waals surface area contributed by atoms with Crippen LogP contribution in [0, 0.1) is 0 Å². The number of phenols is 2. The lowest BCUT2D eigenvalue weighted by Crippen LogP contribution is -2.40. The lowest BCUT2D eigenvalue weighted by Gasteiger charge is -2.31. The summed E-state index contributed by atoms with van der Waals surface area (Å²) in [5, 5.41) is 30.7. The third-order valence-corrected chi connectivity index (χ3v) is 6.33.